The summed E-state index contributed by atoms with van der Waals surface area (Å²) in [5, 5.41) is 9.07. The van der Waals surface area contributed by atoms with Crippen LogP contribution in [0.5, 0.6) is 11.5 Å². The lowest BCUT2D eigenvalue weighted by atomic mass is 10.2. The summed E-state index contributed by atoms with van der Waals surface area (Å²) >= 11 is 3.20. The summed E-state index contributed by atoms with van der Waals surface area (Å²) in [6, 6.07) is 8.11. The van der Waals surface area contributed by atoms with Crippen molar-refractivity contribution in [1.29, 1.82) is 0 Å². The minimum atomic E-state index is -1.17. The van der Waals surface area contributed by atoms with E-state index in [2.05, 4.69) is 15.9 Å². The number of hydrogen-bond donors (Lipinski definition) is 2. The van der Waals surface area contributed by atoms with Gasteiger partial charge >= 0.3 is 5.97 Å². The summed E-state index contributed by atoms with van der Waals surface area (Å²) in [7, 11) is 0. The number of carboxylic acid groups (broad SMARTS) is 1. The fraction of sp³-hybridized carbons (Fsp3) is 0. The lowest BCUT2D eigenvalue weighted by Crippen LogP contribution is -2.01. The highest BCUT2D eigenvalue weighted by Gasteiger charge is 2.14. The second kappa shape index (κ2) is 5.27. The van der Waals surface area contributed by atoms with E-state index in [0.29, 0.717) is 10.2 Å². The van der Waals surface area contributed by atoms with Gasteiger partial charge in [-0.05, 0) is 46.3 Å². The zero-order chi connectivity index (χ0) is 14.0. The Kier molecular flexibility index (Phi) is 3.71. The van der Waals surface area contributed by atoms with Crippen molar-refractivity contribution >= 4 is 27.6 Å². The van der Waals surface area contributed by atoms with Gasteiger partial charge < -0.3 is 15.6 Å². The Balaban J connectivity index is 2.43. The number of carboxylic acids is 1. The predicted octanol–water partition coefficient (Wildman–Crippen LogP) is 3.66. The van der Waals surface area contributed by atoms with E-state index in [1.807, 2.05) is 0 Å². The zero-order valence-corrected chi connectivity index (χ0v) is 11.1. The van der Waals surface area contributed by atoms with Crippen LogP contribution in [0.25, 0.3) is 0 Å². The summed E-state index contributed by atoms with van der Waals surface area (Å²) < 4.78 is 19.1. The number of carbonyl (C=O) groups is 1. The molecular weight excluding hydrogens is 317 g/mol. The second-order valence-corrected chi connectivity index (χ2v) is 4.59. The Labute approximate surface area is 116 Å². The average Bonchev–Trinajstić information content (AvgIpc) is 2.35. The average molecular weight is 326 g/mol. The smallest absolute Gasteiger partial charge is 0.339 e. The number of rotatable bonds is 3. The molecule has 0 aliphatic heterocycles. The summed E-state index contributed by atoms with van der Waals surface area (Å²) in [5.41, 5.74) is 5.75. The maximum atomic E-state index is 13.1. The molecule has 0 heterocycles. The molecule has 2 rings (SSSR count). The first-order valence-electron chi connectivity index (χ1n) is 5.23. The fourth-order valence-electron chi connectivity index (χ4n) is 1.48. The molecule has 0 unspecified atom stereocenters. The van der Waals surface area contributed by atoms with E-state index >= 15 is 0 Å². The van der Waals surface area contributed by atoms with Crippen LogP contribution < -0.4 is 10.5 Å². The van der Waals surface area contributed by atoms with Gasteiger partial charge in [0.2, 0.25) is 0 Å². The summed E-state index contributed by atoms with van der Waals surface area (Å²) in [5.74, 6) is -1.37. The molecular formula is C13H9BrFNO3. The number of nitrogens with two attached hydrogens (primary N) is 1. The molecule has 2 aromatic rings. The molecule has 98 valence electrons. The minimum Gasteiger partial charge on any atom is -0.478 e. The van der Waals surface area contributed by atoms with Gasteiger partial charge in [-0.25, -0.2) is 9.18 Å². The first kappa shape index (κ1) is 13.4. The quantitative estimate of drug-likeness (QED) is 0.844. The summed E-state index contributed by atoms with van der Waals surface area (Å²) in [6.07, 6.45) is 0. The standard InChI is InChI=1S/C13H9BrFNO3/c14-10-3-1-7(15)5-12(10)19-11-4-2-8(16)6-9(11)13(17)18/h1-6H,16H2,(H,17,18). The molecule has 0 bridgehead atoms. The number of ether oxygens (including phenoxy) is 1. The topological polar surface area (TPSA) is 72.5 Å². The summed E-state index contributed by atoms with van der Waals surface area (Å²) in [4.78, 5) is 11.1. The van der Waals surface area contributed by atoms with Crippen molar-refractivity contribution in [3.05, 3.63) is 52.3 Å². The highest BCUT2D eigenvalue weighted by molar-refractivity contribution is 9.10. The van der Waals surface area contributed by atoms with E-state index < -0.39 is 11.8 Å². The molecule has 0 saturated heterocycles. The number of hydrogen-bond acceptors (Lipinski definition) is 3. The number of anilines is 1. The molecule has 6 heteroatoms. The highest BCUT2D eigenvalue weighted by Crippen LogP contribution is 2.32. The third kappa shape index (κ3) is 3.03. The van der Waals surface area contributed by atoms with Crippen molar-refractivity contribution in [2.75, 3.05) is 5.73 Å². The minimum absolute atomic E-state index is 0.0869. The zero-order valence-electron chi connectivity index (χ0n) is 9.56. The Hall–Kier alpha value is -2.08. The van der Waals surface area contributed by atoms with E-state index in [1.165, 1.54) is 30.3 Å². The van der Waals surface area contributed by atoms with E-state index in [4.69, 9.17) is 15.6 Å². The van der Waals surface area contributed by atoms with E-state index in [-0.39, 0.29) is 17.1 Å². The van der Waals surface area contributed by atoms with Crippen LogP contribution in [0.4, 0.5) is 10.1 Å². The van der Waals surface area contributed by atoms with Gasteiger partial charge in [0.1, 0.15) is 22.9 Å². The van der Waals surface area contributed by atoms with Crippen molar-refractivity contribution in [3.63, 3.8) is 0 Å². The molecule has 0 aliphatic rings. The Morgan fingerprint density at radius 2 is 1.95 bits per heavy atom. The highest BCUT2D eigenvalue weighted by atomic mass is 79.9. The molecule has 0 amide bonds. The van der Waals surface area contributed by atoms with Gasteiger partial charge in [0.25, 0.3) is 0 Å². The van der Waals surface area contributed by atoms with Crippen LogP contribution in [0.1, 0.15) is 10.4 Å². The lowest BCUT2D eigenvalue weighted by Gasteiger charge is -2.10. The van der Waals surface area contributed by atoms with Crippen molar-refractivity contribution in [2.45, 2.75) is 0 Å². The number of nitrogen functional groups attached to an aromatic ring is 1. The molecule has 0 saturated carbocycles. The maximum absolute atomic E-state index is 13.1. The Morgan fingerprint density at radius 1 is 1.21 bits per heavy atom. The van der Waals surface area contributed by atoms with Crippen LogP contribution >= 0.6 is 15.9 Å². The predicted molar refractivity (Wildman–Crippen MR) is 72.0 cm³/mol. The van der Waals surface area contributed by atoms with Crippen LogP contribution in [0.3, 0.4) is 0 Å². The Morgan fingerprint density at radius 3 is 2.63 bits per heavy atom. The Bertz CT molecular complexity index is 646. The first-order valence-corrected chi connectivity index (χ1v) is 6.02. The van der Waals surface area contributed by atoms with Crippen molar-refractivity contribution in [1.82, 2.24) is 0 Å². The molecule has 0 aromatic heterocycles. The van der Waals surface area contributed by atoms with Gasteiger partial charge in [0.05, 0.1) is 4.47 Å². The maximum Gasteiger partial charge on any atom is 0.339 e. The fourth-order valence-corrected chi connectivity index (χ4v) is 1.81. The van der Waals surface area contributed by atoms with Crippen LogP contribution in [-0.4, -0.2) is 11.1 Å². The van der Waals surface area contributed by atoms with Gasteiger partial charge in [-0.1, -0.05) is 0 Å². The lowest BCUT2D eigenvalue weighted by molar-refractivity contribution is 0.0694. The third-order valence-electron chi connectivity index (χ3n) is 2.35. The summed E-state index contributed by atoms with van der Waals surface area (Å²) in [6.45, 7) is 0. The normalized spacial score (nSPS) is 10.2. The van der Waals surface area contributed by atoms with Gasteiger partial charge in [0.15, 0.2) is 0 Å². The number of benzene rings is 2. The van der Waals surface area contributed by atoms with Gasteiger partial charge in [-0.15, -0.1) is 0 Å². The molecule has 0 radical (unpaired) electrons. The largest absolute Gasteiger partial charge is 0.478 e. The molecule has 2 aromatic carbocycles. The second-order valence-electron chi connectivity index (χ2n) is 3.74. The van der Waals surface area contributed by atoms with Crippen LogP contribution in [0.15, 0.2) is 40.9 Å². The van der Waals surface area contributed by atoms with E-state index in [0.717, 1.165) is 6.07 Å². The van der Waals surface area contributed by atoms with Crippen molar-refractivity contribution in [3.8, 4) is 11.5 Å². The first-order chi connectivity index (χ1) is 8.97. The van der Waals surface area contributed by atoms with Gasteiger partial charge in [0, 0.05) is 11.8 Å². The molecule has 19 heavy (non-hydrogen) atoms. The molecule has 0 atom stereocenters. The van der Waals surface area contributed by atoms with Crippen LogP contribution in [0, 0.1) is 5.82 Å². The monoisotopic (exact) mass is 325 g/mol. The third-order valence-corrected chi connectivity index (χ3v) is 3.00. The number of halogens is 2. The molecule has 0 spiro atoms. The van der Waals surface area contributed by atoms with Crippen molar-refractivity contribution in [2.24, 2.45) is 0 Å². The van der Waals surface area contributed by atoms with Gasteiger partial charge in [-0.2, -0.15) is 0 Å². The molecule has 4 nitrogen and oxygen atoms in total. The SMILES string of the molecule is Nc1ccc(Oc2cc(F)ccc2Br)c(C(=O)O)c1. The van der Waals surface area contributed by atoms with Crippen LogP contribution in [0.2, 0.25) is 0 Å². The van der Waals surface area contributed by atoms with Crippen molar-refractivity contribution < 1.29 is 19.0 Å². The molecule has 0 fully saturated rings. The molecule has 0 aliphatic carbocycles. The van der Waals surface area contributed by atoms with E-state index in [1.54, 1.807) is 0 Å². The van der Waals surface area contributed by atoms with Gasteiger partial charge in [-0.3, -0.25) is 0 Å². The van der Waals surface area contributed by atoms with E-state index in [9.17, 15) is 9.18 Å². The number of aromatic carboxylic acids is 1. The van der Waals surface area contributed by atoms with Crippen LogP contribution in [-0.2, 0) is 0 Å². The molecule has 3 N–H and O–H groups in total.